The second kappa shape index (κ2) is 11.5. The molecule has 1 aliphatic heterocycles. The molecule has 1 saturated carbocycles. The van der Waals surface area contributed by atoms with E-state index >= 15 is 0 Å². The molecule has 5 rings (SSSR count). The molecule has 3 aromatic rings. The minimum atomic E-state index is -3.53. The van der Waals surface area contributed by atoms with E-state index in [1.165, 1.54) is 4.31 Å². The Hall–Kier alpha value is -2.53. The van der Waals surface area contributed by atoms with Crippen molar-refractivity contribution in [3.05, 3.63) is 36.7 Å². The predicted octanol–water partition coefficient (Wildman–Crippen LogP) is 3.85. The number of benzene rings is 1. The number of morpholine rings is 1. The Balaban J connectivity index is 1.45. The van der Waals surface area contributed by atoms with Crippen LogP contribution in [0.5, 0.6) is 0 Å². The number of hydrogen-bond donors (Lipinski definition) is 2. The third-order valence-electron chi connectivity index (χ3n) is 7.55. The Labute approximate surface area is 219 Å². The number of anilines is 1. The summed E-state index contributed by atoms with van der Waals surface area (Å²) in [5, 5.41) is 4.32. The molecule has 0 unspecified atom stereocenters. The minimum absolute atomic E-state index is 0.305. The van der Waals surface area contributed by atoms with Crippen LogP contribution in [0.3, 0.4) is 0 Å². The number of unbranched alkanes of at least 4 members (excludes halogenated alkanes) is 1. The zero-order valence-electron chi connectivity index (χ0n) is 21.6. The lowest BCUT2D eigenvalue weighted by Crippen LogP contribution is -2.40. The van der Waals surface area contributed by atoms with Crippen molar-refractivity contribution in [3.63, 3.8) is 0 Å². The van der Waals surface area contributed by atoms with E-state index in [-0.39, 0.29) is 0 Å². The molecule has 2 aliphatic rings. The zero-order valence-corrected chi connectivity index (χ0v) is 22.4. The van der Waals surface area contributed by atoms with Crippen molar-refractivity contribution in [2.75, 3.05) is 38.2 Å². The van der Waals surface area contributed by atoms with E-state index in [0.29, 0.717) is 49.1 Å². The van der Waals surface area contributed by atoms with Crippen molar-refractivity contribution < 1.29 is 13.2 Å². The first-order valence-electron chi connectivity index (χ1n) is 13.5. The molecule has 1 saturated heterocycles. The molecule has 0 bridgehead atoms. The van der Waals surface area contributed by atoms with Crippen LogP contribution >= 0.6 is 0 Å². The summed E-state index contributed by atoms with van der Waals surface area (Å²) in [6.45, 7) is 5.52. The summed E-state index contributed by atoms with van der Waals surface area (Å²) < 4.78 is 35.2. The average molecular weight is 527 g/mol. The first kappa shape index (κ1) is 26.1. The molecule has 0 amide bonds. The van der Waals surface area contributed by atoms with Crippen molar-refractivity contribution in [1.82, 2.24) is 18.8 Å². The van der Waals surface area contributed by atoms with Crippen molar-refractivity contribution in [1.29, 1.82) is 0 Å². The van der Waals surface area contributed by atoms with Gasteiger partial charge in [0.2, 0.25) is 16.0 Å². The van der Waals surface area contributed by atoms with Gasteiger partial charge in [-0.1, -0.05) is 25.5 Å². The van der Waals surface area contributed by atoms with Gasteiger partial charge in [-0.25, -0.2) is 13.4 Å². The first-order chi connectivity index (χ1) is 18.0. The quantitative estimate of drug-likeness (QED) is 0.407. The fourth-order valence-electron chi connectivity index (χ4n) is 5.29. The number of hydrogen-bond acceptors (Lipinski definition) is 7. The minimum Gasteiger partial charge on any atom is -0.379 e. The molecule has 3 heterocycles. The number of sulfonamides is 1. The number of nitrogens with zero attached hydrogens (tertiary/aromatic N) is 4. The first-order valence-corrected chi connectivity index (χ1v) is 14.9. The van der Waals surface area contributed by atoms with Gasteiger partial charge in [0.05, 0.1) is 18.1 Å². The van der Waals surface area contributed by atoms with Gasteiger partial charge >= 0.3 is 0 Å². The van der Waals surface area contributed by atoms with E-state index in [0.717, 1.165) is 73.8 Å². The van der Waals surface area contributed by atoms with Crippen LogP contribution in [0.15, 0.2) is 41.6 Å². The summed E-state index contributed by atoms with van der Waals surface area (Å²) in [4.78, 5) is 9.78. The maximum atomic E-state index is 13.1. The van der Waals surface area contributed by atoms with E-state index in [9.17, 15) is 8.42 Å². The maximum absolute atomic E-state index is 13.1. The third-order valence-corrected chi connectivity index (χ3v) is 9.46. The maximum Gasteiger partial charge on any atom is 0.243 e. The Bertz CT molecular complexity index is 1290. The van der Waals surface area contributed by atoms with E-state index < -0.39 is 10.0 Å². The van der Waals surface area contributed by atoms with Crippen LogP contribution in [0.4, 0.5) is 5.95 Å². The molecule has 2 aromatic heterocycles. The van der Waals surface area contributed by atoms with Crippen molar-refractivity contribution >= 4 is 27.0 Å². The Morgan fingerprint density at radius 3 is 2.54 bits per heavy atom. The highest BCUT2D eigenvalue weighted by Gasteiger charge is 2.26. The van der Waals surface area contributed by atoms with Crippen LogP contribution in [-0.4, -0.2) is 66.1 Å². The number of nitrogens with one attached hydrogen (secondary N) is 1. The predicted molar refractivity (Wildman–Crippen MR) is 146 cm³/mol. The molecule has 200 valence electrons. The molecular formula is C27H38N6O3S. The van der Waals surface area contributed by atoms with Gasteiger partial charge in [0, 0.05) is 55.6 Å². The van der Waals surface area contributed by atoms with Gasteiger partial charge in [0.15, 0.2) is 0 Å². The van der Waals surface area contributed by atoms with Gasteiger partial charge < -0.3 is 20.4 Å². The zero-order chi connectivity index (χ0) is 25.8. The third kappa shape index (κ3) is 5.82. The Morgan fingerprint density at radius 1 is 1.11 bits per heavy atom. The van der Waals surface area contributed by atoms with Gasteiger partial charge in [0.1, 0.15) is 5.65 Å². The summed E-state index contributed by atoms with van der Waals surface area (Å²) in [7, 11) is -3.53. The topological polar surface area (TPSA) is 115 Å². The van der Waals surface area contributed by atoms with Crippen LogP contribution in [0.1, 0.15) is 45.4 Å². The molecule has 2 fully saturated rings. The highest BCUT2D eigenvalue weighted by atomic mass is 32.2. The van der Waals surface area contributed by atoms with Crippen molar-refractivity contribution in [3.8, 4) is 11.1 Å². The van der Waals surface area contributed by atoms with E-state index in [2.05, 4.69) is 28.0 Å². The van der Waals surface area contributed by atoms with Gasteiger partial charge in [-0.05, 0) is 55.7 Å². The number of aromatic nitrogens is 3. The van der Waals surface area contributed by atoms with Gasteiger partial charge in [0.25, 0.3) is 0 Å². The lowest BCUT2D eigenvalue weighted by Gasteiger charge is -2.26. The molecule has 0 atom stereocenters. The van der Waals surface area contributed by atoms with Crippen LogP contribution in [0.2, 0.25) is 0 Å². The molecule has 1 aliphatic carbocycles. The average Bonchev–Trinajstić information content (AvgIpc) is 3.28. The van der Waals surface area contributed by atoms with E-state index in [1.54, 1.807) is 12.1 Å². The SMILES string of the molecule is CCCCNc1ncc2c(-c3ccc(S(=O)(=O)N4CCOCC4)cc3)cn(C[C@H]3CC[C@H](N)CC3)c2n1. The molecule has 0 radical (unpaired) electrons. The smallest absolute Gasteiger partial charge is 0.243 e. The number of fused-ring (bicyclic) bond motifs is 1. The molecule has 0 spiro atoms. The van der Waals surface area contributed by atoms with Gasteiger partial charge in [-0.3, -0.25) is 0 Å². The fourth-order valence-corrected chi connectivity index (χ4v) is 6.70. The highest BCUT2D eigenvalue weighted by molar-refractivity contribution is 7.89. The molecule has 9 nitrogen and oxygen atoms in total. The summed E-state index contributed by atoms with van der Waals surface area (Å²) >= 11 is 0. The van der Waals surface area contributed by atoms with Gasteiger partial charge in [-0.2, -0.15) is 9.29 Å². The second-order valence-corrected chi connectivity index (χ2v) is 12.2. The van der Waals surface area contributed by atoms with Gasteiger partial charge in [-0.15, -0.1) is 0 Å². The molecular weight excluding hydrogens is 488 g/mol. The summed E-state index contributed by atoms with van der Waals surface area (Å²) in [5.74, 6) is 1.21. The normalized spacial score (nSPS) is 21.4. The molecule has 1 aromatic carbocycles. The number of ether oxygens (including phenoxy) is 1. The lowest BCUT2D eigenvalue weighted by atomic mass is 9.86. The lowest BCUT2D eigenvalue weighted by molar-refractivity contribution is 0.0730. The van der Waals surface area contributed by atoms with Crippen molar-refractivity contribution in [2.24, 2.45) is 11.7 Å². The number of rotatable bonds is 9. The van der Waals surface area contributed by atoms with Crippen LogP contribution < -0.4 is 11.1 Å². The van der Waals surface area contributed by atoms with E-state index in [1.807, 2.05) is 18.3 Å². The standard InChI is InChI=1S/C27H38N6O3S/c1-2-3-12-29-27-30-17-24-25(19-32(26(24)31-27)18-20-4-8-22(28)9-5-20)21-6-10-23(11-7-21)37(34,35)33-13-15-36-16-14-33/h6-7,10-11,17,19-20,22H,2-5,8-9,12-16,18,28H2,1H3,(H,29,30,31)/t20-,22-. The van der Waals surface area contributed by atoms with E-state index in [4.69, 9.17) is 15.5 Å². The Kier molecular flexibility index (Phi) is 8.09. The number of nitrogens with two attached hydrogens (primary N) is 1. The molecule has 37 heavy (non-hydrogen) atoms. The summed E-state index contributed by atoms with van der Waals surface area (Å²) in [5.41, 5.74) is 9.01. The molecule has 3 N–H and O–H groups in total. The molecule has 10 heteroatoms. The monoisotopic (exact) mass is 526 g/mol. The Morgan fingerprint density at radius 2 is 1.84 bits per heavy atom. The largest absolute Gasteiger partial charge is 0.379 e. The second-order valence-electron chi connectivity index (χ2n) is 10.2. The van der Waals surface area contributed by atoms with Crippen LogP contribution in [-0.2, 0) is 21.3 Å². The van der Waals surface area contributed by atoms with Crippen molar-refractivity contribution in [2.45, 2.75) is 62.9 Å². The van der Waals surface area contributed by atoms with Crippen LogP contribution in [0, 0.1) is 5.92 Å². The fraction of sp³-hybridized carbons (Fsp3) is 0.556. The van der Waals surface area contributed by atoms with Crippen LogP contribution in [0.25, 0.3) is 22.2 Å². The highest BCUT2D eigenvalue weighted by Crippen LogP contribution is 2.33. The summed E-state index contributed by atoms with van der Waals surface area (Å²) in [6.07, 6.45) is 10.6. The summed E-state index contributed by atoms with van der Waals surface area (Å²) in [6, 6.07) is 7.50.